The third-order valence-corrected chi connectivity index (χ3v) is 6.91. The molecule has 9 heteroatoms. The number of esters is 1. The topological polar surface area (TPSA) is 91.4 Å². The van der Waals surface area contributed by atoms with Gasteiger partial charge in [0.1, 0.15) is 5.60 Å². The van der Waals surface area contributed by atoms with Crippen LogP contribution in [0.3, 0.4) is 0 Å². The largest absolute Gasteiger partial charge is 0.453 e. The molecule has 0 unspecified atom stereocenters. The predicted molar refractivity (Wildman–Crippen MR) is 154 cm³/mol. The van der Waals surface area contributed by atoms with Crippen molar-refractivity contribution in [3.05, 3.63) is 99.0 Å². The number of carbonyl (C=O) groups is 1. The third kappa shape index (κ3) is 6.54. The van der Waals surface area contributed by atoms with Gasteiger partial charge in [-0.1, -0.05) is 74.5 Å². The molecule has 2 aromatic heterocycles. The summed E-state index contributed by atoms with van der Waals surface area (Å²) in [5.74, 6) is -0.0222. The fourth-order valence-corrected chi connectivity index (χ4v) is 4.82. The lowest BCUT2D eigenvalue weighted by Gasteiger charge is -2.40. The number of rotatable bonds is 8. The zero-order chi connectivity index (χ0) is 28.7. The Kier molecular flexibility index (Phi) is 9.64. The van der Waals surface area contributed by atoms with Crippen molar-refractivity contribution in [2.24, 2.45) is 27.1 Å². The number of aryl methyl sites for hydroxylation is 2. The van der Waals surface area contributed by atoms with E-state index in [9.17, 15) is 14.4 Å². The highest BCUT2D eigenvalue weighted by Gasteiger charge is 2.42. The van der Waals surface area contributed by atoms with Crippen molar-refractivity contribution in [1.29, 1.82) is 0 Å². The van der Waals surface area contributed by atoms with Crippen molar-refractivity contribution in [3.63, 3.8) is 0 Å². The summed E-state index contributed by atoms with van der Waals surface area (Å²) in [6.07, 6.45) is 2.56. The smallest absolute Gasteiger partial charge is 0.332 e. The van der Waals surface area contributed by atoms with Crippen LogP contribution < -0.4 is 11.2 Å². The number of ether oxygens (including phenoxy) is 1. The van der Waals surface area contributed by atoms with Crippen LogP contribution in [-0.2, 0) is 42.7 Å². The number of imidazole rings is 1. The monoisotopic (exact) mass is 533 g/mol. The molecule has 0 radical (unpaired) electrons. The van der Waals surface area contributed by atoms with Crippen LogP contribution in [0.1, 0.15) is 31.4 Å². The Morgan fingerprint density at radius 3 is 2.13 bits per heavy atom. The highest BCUT2D eigenvalue weighted by Crippen LogP contribution is 2.38. The molecule has 4 rings (SSSR count). The van der Waals surface area contributed by atoms with Gasteiger partial charge in [0.25, 0.3) is 5.56 Å². The van der Waals surface area contributed by atoms with Crippen LogP contribution in [0.25, 0.3) is 11.2 Å². The van der Waals surface area contributed by atoms with Crippen LogP contribution in [0.15, 0.2) is 76.6 Å². The van der Waals surface area contributed by atoms with E-state index in [1.165, 1.54) is 23.5 Å². The molecule has 0 aliphatic rings. The van der Waals surface area contributed by atoms with E-state index in [1.807, 2.05) is 43.3 Å². The number of benzene rings is 2. The molecular weight excluding hydrogens is 494 g/mol. The fourth-order valence-electron chi connectivity index (χ4n) is 4.82. The highest BCUT2D eigenvalue weighted by molar-refractivity contribution is 5.70. The van der Waals surface area contributed by atoms with E-state index >= 15 is 0 Å². The summed E-state index contributed by atoms with van der Waals surface area (Å²) >= 11 is 0. The van der Waals surface area contributed by atoms with Crippen LogP contribution in [0.2, 0.25) is 0 Å². The molecule has 0 saturated carbocycles. The number of carbonyl (C=O) groups excluding carboxylic acids is 1. The van der Waals surface area contributed by atoms with Gasteiger partial charge in [0.15, 0.2) is 11.2 Å². The second-order valence-electron chi connectivity index (χ2n) is 10.1. The minimum Gasteiger partial charge on any atom is -0.453 e. The molecule has 0 fully saturated rings. The maximum absolute atomic E-state index is 12.3. The van der Waals surface area contributed by atoms with Gasteiger partial charge in [0.2, 0.25) is 0 Å². The molecule has 208 valence electrons. The van der Waals surface area contributed by atoms with Crippen molar-refractivity contribution in [2.45, 2.75) is 32.3 Å². The number of nitrogens with zero attached hydrogens (tertiary/aromatic N) is 5. The summed E-state index contributed by atoms with van der Waals surface area (Å²) in [5.41, 5.74) is 1.72. The van der Waals surface area contributed by atoms with Crippen molar-refractivity contribution in [3.8, 4) is 0 Å². The van der Waals surface area contributed by atoms with Gasteiger partial charge in [0.05, 0.1) is 6.33 Å². The Morgan fingerprint density at radius 1 is 0.974 bits per heavy atom. The number of aromatic nitrogens is 4. The minimum atomic E-state index is -0.681. The van der Waals surface area contributed by atoms with Gasteiger partial charge in [0, 0.05) is 46.4 Å². The number of hydrogen-bond donors (Lipinski definition) is 0. The van der Waals surface area contributed by atoms with E-state index in [-0.39, 0.29) is 23.1 Å². The SMILES string of the molecule is CCC(=O)O[C@](Cc1ccccc1)(c1ccccc1)[C@H](C)CN(C)C.Cn1c(=O)c2c(ncn2C)n(C)c1=O. The van der Waals surface area contributed by atoms with E-state index < -0.39 is 5.60 Å². The normalized spacial score (nSPS) is 13.4. The minimum absolute atomic E-state index is 0.139. The lowest BCUT2D eigenvalue weighted by molar-refractivity contribution is -0.168. The Labute approximate surface area is 229 Å². The molecule has 0 aliphatic heterocycles. The first-order valence-corrected chi connectivity index (χ1v) is 13.0. The first-order chi connectivity index (χ1) is 18.5. The Hall–Kier alpha value is -3.98. The molecule has 2 heterocycles. The average Bonchev–Trinajstić information content (AvgIpc) is 3.32. The molecule has 0 bridgehead atoms. The first kappa shape index (κ1) is 29.6. The summed E-state index contributed by atoms with van der Waals surface area (Å²) in [4.78, 5) is 41.6. The predicted octanol–water partition coefficient (Wildman–Crippen LogP) is 3.25. The molecular formula is C30H39N5O4. The molecule has 39 heavy (non-hydrogen) atoms. The molecule has 2 atom stereocenters. The van der Waals surface area contributed by atoms with E-state index in [4.69, 9.17) is 4.74 Å². The second-order valence-corrected chi connectivity index (χ2v) is 10.1. The Morgan fingerprint density at radius 2 is 1.56 bits per heavy atom. The first-order valence-electron chi connectivity index (χ1n) is 13.0. The van der Waals surface area contributed by atoms with Crippen molar-refractivity contribution in [1.82, 2.24) is 23.6 Å². The molecule has 0 aliphatic carbocycles. The fraction of sp³-hybridized carbons (Fsp3) is 0.400. The van der Waals surface area contributed by atoms with Crippen LogP contribution in [-0.4, -0.2) is 50.2 Å². The van der Waals surface area contributed by atoms with E-state index in [1.54, 1.807) is 18.7 Å². The maximum Gasteiger partial charge on any atom is 0.332 e. The summed E-state index contributed by atoms with van der Waals surface area (Å²) in [6.45, 7) is 4.84. The summed E-state index contributed by atoms with van der Waals surface area (Å²) < 4.78 is 10.2. The van der Waals surface area contributed by atoms with E-state index in [0.717, 1.165) is 16.7 Å². The molecule has 0 amide bonds. The van der Waals surface area contributed by atoms with Crippen LogP contribution in [0.5, 0.6) is 0 Å². The van der Waals surface area contributed by atoms with Gasteiger partial charge in [-0.2, -0.15) is 0 Å². The van der Waals surface area contributed by atoms with Gasteiger partial charge < -0.3 is 14.2 Å². The van der Waals surface area contributed by atoms with E-state index in [0.29, 0.717) is 24.0 Å². The molecule has 0 spiro atoms. The molecule has 4 aromatic rings. The summed E-state index contributed by atoms with van der Waals surface area (Å²) in [6, 6.07) is 20.4. The van der Waals surface area contributed by atoms with Crippen molar-refractivity contribution >= 4 is 17.1 Å². The van der Waals surface area contributed by atoms with Crippen LogP contribution >= 0.6 is 0 Å². The van der Waals surface area contributed by atoms with E-state index in [2.05, 4.69) is 55.2 Å². The molecule has 2 aromatic carbocycles. The van der Waals surface area contributed by atoms with Gasteiger partial charge >= 0.3 is 11.7 Å². The van der Waals surface area contributed by atoms with Crippen molar-refractivity contribution in [2.75, 3.05) is 20.6 Å². The van der Waals surface area contributed by atoms with Gasteiger partial charge in [-0.3, -0.25) is 18.7 Å². The van der Waals surface area contributed by atoms with Crippen LogP contribution in [0.4, 0.5) is 0 Å². The molecule has 9 nitrogen and oxygen atoms in total. The zero-order valence-electron chi connectivity index (χ0n) is 23.9. The second kappa shape index (κ2) is 12.7. The van der Waals surface area contributed by atoms with Gasteiger partial charge in [-0.15, -0.1) is 0 Å². The number of hydrogen-bond acceptors (Lipinski definition) is 6. The maximum atomic E-state index is 12.3. The standard InChI is InChI=1S/C22H29NO2.C8H10N4O2/c1-5-21(24)25-22(18(2)17-23(3)4,20-14-10-7-11-15-20)16-19-12-8-6-9-13-19;1-10-4-9-6-5(10)7(13)12(3)8(14)11(6)2/h6-15,18H,5,16-17H2,1-4H3;4H,1-3H3/t18-,22+;/m1./s1. The third-order valence-electron chi connectivity index (χ3n) is 6.91. The Bertz CT molecular complexity index is 1510. The van der Waals surface area contributed by atoms with Crippen molar-refractivity contribution < 1.29 is 9.53 Å². The van der Waals surface area contributed by atoms with Gasteiger partial charge in [-0.25, -0.2) is 9.78 Å². The lowest BCUT2D eigenvalue weighted by Crippen LogP contribution is -2.44. The van der Waals surface area contributed by atoms with Gasteiger partial charge in [-0.05, 0) is 25.2 Å². The Balaban J connectivity index is 0.000000252. The lowest BCUT2D eigenvalue weighted by atomic mass is 9.77. The van der Waals surface area contributed by atoms with Crippen LogP contribution in [0, 0.1) is 5.92 Å². The quantitative estimate of drug-likeness (QED) is 0.323. The average molecular weight is 534 g/mol. The summed E-state index contributed by atoms with van der Waals surface area (Å²) in [5, 5.41) is 0. The molecule has 0 saturated heterocycles. The zero-order valence-corrected chi connectivity index (χ0v) is 23.9. The summed E-state index contributed by atoms with van der Waals surface area (Å²) in [7, 11) is 8.88. The highest BCUT2D eigenvalue weighted by atomic mass is 16.6. The molecule has 0 N–H and O–H groups in total. The number of fused-ring (bicyclic) bond motifs is 1.